The predicted octanol–water partition coefficient (Wildman–Crippen LogP) is 2.81. The molecule has 1 atom stereocenters. The molecule has 1 N–H and O–H groups in total. The number of likely N-dealkylation sites (N-methyl/N-ethyl adjacent to an activating group) is 1. The van der Waals surface area contributed by atoms with Crippen molar-refractivity contribution in [2.24, 2.45) is 4.99 Å². The van der Waals surface area contributed by atoms with Gasteiger partial charge in [-0.2, -0.15) is 0 Å². The third kappa shape index (κ3) is 4.16. The number of benzene rings is 2. The van der Waals surface area contributed by atoms with Crippen molar-refractivity contribution in [1.29, 1.82) is 0 Å². The molecule has 190 valence electrons. The molecule has 4 aliphatic heterocycles. The molecule has 36 heavy (non-hydrogen) atoms. The van der Waals surface area contributed by atoms with Crippen LogP contribution in [0.3, 0.4) is 0 Å². The Hall–Kier alpha value is -3.28. The zero-order valence-electron chi connectivity index (χ0n) is 20.2. The highest BCUT2D eigenvalue weighted by Crippen LogP contribution is 2.49. The number of methoxy groups -OCH3 is 1. The highest BCUT2D eigenvalue weighted by molar-refractivity contribution is 7.80. The molecule has 0 spiro atoms. The fourth-order valence-corrected chi connectivity index (χ4v) is 5.27. The summed E-state index contributed by atoms with van der Waals surface area (Å²) in [5.41, 5.74) is 2.95. The molecular formula is C25H28N4O6S. The van der Waals surface area contributed by atoms with Gasteiger partial charge in [0.25, 0.3) is 0 Å². The smallest absolute Gasteiger partial charge is 0.231 e. The van der Waals surface area contributed by atoms with Crippen molar-refractivity contribution < 1.29 is 28.4 Å². The number of fused-ring (bicyclic) bond motifs is 3. The lowest BCUT2D eigenvalue weighted by atomic mass is 9.90. The molecule has 0 bridgehead atoms. The van der Waals surface area contributed by atoms with Gasteiger partial charge < -0.3 is 38.6 Å². The number of nitrogens with one attached hydrogen (secondary N) is 1. The fourth-order valence-electron chi connectivity index (χ4n) is 4.99. The molecule has 6 rings (SSSR count). The van der Waals surface area contributed by atoms with Gasteiger partial charge in [-0.1, -0.05) is 0 Å². The van der Waals surface area contributed by atoms with Crippen molar-refractivity contribution >= 4 is 28.9 Å². The molecule has 2 aromatic rings. The maximum Gasteiger partial charge on any atom is 0.231 e. The average Bonchev–Trinajstić information content (AvgIpc) is 3.56. The maximum atomic E-state index is 5.91. The minimum atomic E-state index is -0.261. The van der Waals surface area contributed by atoms with E-state index in [1.165, 1.54) is 0 Å². The molecular weight excluding hydrogens is 484 g/mol. The monoisotopic (exact) mass is 512 g/mol. The highest BCUT2D eigenvalue weighted by atomic mass is 32.1. The summed E-state index contributed by atoms with van der Waals surface area (Å²) in [5, 5.41) is 4.05. The predicted molar refractivity (Wildman–Crippen MR) is 137 cm³/mol. The summed E-state index contributed by atoms with van der Waals surface area (Å²) in [5.74, 6) is 4.08. The first kappa shape index (κ1) is 23.1. The molecule has 2 aromatic carbocycles. The normalized spacial score (nSPS) is 20.8. The lowest BCUT2D eigenvalue weighted by Crippen LogP contribution is -2.43. The Morgan fingerprint density at radius 1 is 1.03 bits per heavy atom. The van der Waals surface area contributed by atoms with E-state index in [1.807, 2.05) is 18.2 Å². The summed E-state index contributed by atoms with van der Waals surface area (Å²) in [6, 6.07) is 7.54. The van der Waals surface area contributed by atoms with Crippen LogP contribution in [-0.2, 0) is 11.2 Å². The van der Waals surface area contributed by atoms with Crippen LogP contribution in [0.5, 0.6) is 28.7 Å². The van der Waals surface area contributed by atoms with Crippen LogP contribution in [0, 0.1) is 0 Å². The van der Waals surface area contributed by atoms with Crippen molar-refractivity contribution in [3.05, 3.63) is 35.4 Å². The average molecular weight is 513 g/mol. The van der Waals surface area contributed by atoms with E-state index in [0.29, 0.717) is 60.2 Å². The fraction of sp³-hybridized carbons (Fsp3) is 0.440. The minimum Gasteiger partial charge on any atom is -0.492 e. The number of anilines is 1. The Bertz CT molecular complexity index is 1220. The van der Waals surface area contributed by atoms with Gasteiger partial charge in [0.05, 0.1) is 26.4 Å². The third-order valence-corrected chi connectivity index (χ3v) is 7.15. The maximum absolute atomic E-state index is 5.91. The van der Waals surface area contributed by atoms with Crippen LogP contribution in [0.4, 0.5) is 5.69 Å². The number of hydrogen-bond acceptors (Lipinski definition) is 8. The summed E-state index contributed by atoms with van der Waals surface area (Å²) in [4.78, 5) is 9.31. The van der Waals surface area contributed by atoms with Gasteiger partial charge in [0.15, 0.2) is 28.1 Å². The lowest BCUT2D eigenvalue weighted by Gasteiger charge is -2.37. The van der Waals surface area contributed by atoms with E-state index in [9.17, 15) is 0 Å². The molecule has 1 saturated heterocycles. The quantitative estimate of drug-likeness (QED) is 0.376. The van der Waals surface area contributed by atoms with E-state index in [0.717, 1.165) is 35.5 Å². The van der Waals surface area contributed by atoms with Crippen LogP contribution < -0.4 is 29.0 Å². The van der Waals surface area contributed by atoms with Crippen molar-refractivity contribution in [3.63, 3.8) is 0 Å². The SMILES string of the molecule is COc1c2c(cc3c1C(C(=NC(=S)N1CCOCC1)Nc1ccc4c(c1)OCO4)N(C)CC3)OCO2. The number of ether oxygens (including phenoxy) is 6. The molecule has 0 amide bonds. The highest BCUT2D eigenvalue weighted by Gasteiger charge is 2.37. The Balaban J connectivity index is 1.44. The number of aliphatic imine (C=N–C) groups is 1. The van der Waals surface area contributed by atoms with Crippen LogP contribution in [0.25, 0.3) is 0 Å². The van der Waals surface area contributed by atoms with E-state index in [-0.39, 0.29) is 19.6 Å². The number of thiocarbonyl (C=S) groups is 1. The van der Waals surface area contributed by atoms with Gasteiger partial charge in [-0.05, 0) is 49.4 Å². The largest absolute Gasteiger partial charge is 0.492 e. The molecule has 11 heteroatoms. The first-order chi connectivity index (χ1) is 17.6. The van der Waals surface area contributed by atoms with Gasteiger partial charge in [-0.25, -0.2) is 4.99 Å². The number of nitrogens with zero attached hydrogens (tertiary/aromatic N) is 3. The van der Waals surface area contributed by atoms with Crippen molar-refractivity contribution in [2.75, 3.05) is 65.9 Å². The van der Waals surface area contributed by atoms with Crippen LogP contribution in [0.2, 0.25) is 0 Å². The summed E-state index contributed by atoms with van der Waals surface area (Å²) in [6.07, 6.45) is 0.848. The molecule has 1 unspecified atom stereocenters. The van der Waals surface area contributed by atoms with E-state index < -0.39 is 0 Å². The Morgan fingerprint density at radius 3 is 2.64 bits per heavy atom. The first-order valence-electron chi connectivity index (χ1n) is 11.9. The van der Waals surface area contributed by atoms with E-state index in [1.54, 1.807) is 7.11 Å². The van der Waals surface area contributed by atoms with Crippen LogP contribution in [0.1, 0.15) is 17.2 Å². The molecule has 0 radical (unpaired) electrons. The number of morpholine rings is 1. The molecule has 0 aromatic heterocycles. The van der Waals surface area contributed by atoms with Crippen LogP contribution >= 0.6 is 12.2 Å². The van der Waals surface area contributed by atoms with Crippen LogP contribution in [-0.4, -0.2) is 81.3 Å². The van der Waals surface area contributed by atoms with Gasteiger partial charge >= 0.3 is 0 Å². The van der Waals surface area contributed by atoms with Crippen molar-refractivity contribution in [1.82, 2.24) is 9.80 Å². The second-order valence-corrected chi connectivity index (χ2v) is 9.29. The van der Waals surface area contributed by atoms with Gasteiger partial charge in [-0.15, -0.1) is 0 Å². The minimum absolute atomic E-state index is 0.173. The molecule has 10 nitrogen and oxygen atoms in total. The Kier molecular flexibility index (Phi) is 6.20. The Morgan fingerprint density at radius 2 is 1.81 bits per heavy atom. The summed E-state index contributed by atoms with van der Waals surface area (Å²) < 4.78 is 34.0. The van der Waals surface area contributed by atoms with Crippen molar-refractivity contribution in [3.8, 4) is 28.7 Å². The Labute approximate surface area is 214 Å². The topological polar surface area (TPSA) is 86.3 Å². The van der Waals surface area contributed by atoms with Crippen LogP contribution in [0.15, 0.2) is 29.3 Å². The second-order valence-electron chi connectivity index (χ2n) is 8.92. The molecule has 0 saturated carbocycles. The zero-order chi connectivity index (χ0) is 24.6. The second kappa shape index (κ2) is 9.64. The summed E-state index contributed by atoms with van der Waals surface area (Å²) in [6.45, 7) is 3.88. The summed E-state index contributed by atoms with van der Waals surface area (Å²) >= 11 is 5.80. The van der Waals surface area contributed by atoms with Crippen molar-refractivity contribution in [2.45, 2.75) is 12.5 Å². The van der Waals surface area contributed by atoms with E-state index in [2.05, 4.69) is 28.2 Å². The number of hydrogen-bond donors (Lipinski definition) is 1. The number of rotatable bonds is 3. The standard InChI is InChI=1S/C25H28N4O6S/c1-28-6-5-15-11-19-22(35-14-34-19)23(30-2)20(15)21(28)24(27-25(36)29-7-9-31-10-8-29)26-16-3-4-17-18(12-16)33-13-32-17/h3-4,11-12,21H,5-10,13-14H2,1-2H3,(H,26,27,36). The van der Waals surface area contributed by atoms with E-state index in [4.69, 9.17) is 45.6 Å². The number of amidine groups is 1. The van der Waals surface area contributed by atoms with Gasteiger partial charge in [0.1, 0.15) is 5.84 Å². The van der Waals surface area contributed by atoms with Gasteiger partial charge in [0.2, 0.25) is 19.3 Å². The molecule has 4 heterocycles. The lowest BCUT2D eigenvalue weighted by molar-refractivity contribution is 0.0686. The first-order valence-corrected chi connectivity index (χ1v) is 12.3. The summed E-state index contributed by atoms with van der Waals surface area (Å²) in [7, 11) is 3.73. The third-order valence-electron chi connectivity index (χ3n) is 6.80. The molecule has 0 aliphatic carbocycles. The van der Waals surface area contributed by atoms with E-state index >= 15 is 0 Å². The molecule has 4 aliphatic rings. The zero-order valence-corrected chi connectivity index (χ0v) is 21.1. The van der Waals surface area contributed by atoms with Gasteiger partial charge in [0, 0.05) is 37.0 Å². The van der Waals surface area contributed by atoms with Gasteiger partial charge in [-0.3, -0.25) is 4.90 Å². The molecule has 1 fully saturated rings.